The average Bonchev–Trinajstić information content (AvgIpc) is 3.27. The molecule has 0 aliphatic carbocycles. The molecule has 1 aliphatic heterocycles. The highest BCUT2D eigenvalue weighted by Crippen LogP contribution is 2.23. The van der Waals surface area contributed by atoms with Crippen molar-refractivity contribution in [2.24, 2.45) is 0 Å². The summed E-state index contributed by atoms with van der Waals surface area (Å²) in [4.78, 5) is 20.9. The predicted molar refractivity (Wildman–Crippen MR) is 115 cm³/mol. The molecule has 1 saturated heterocycles. The maximum absolute atomic E-state index is 12.4. The minimum absolute atomic E-state index is 0.0292. The normalized spacial score (nSPS) is 14.5. The molecular formula is C22H23ClN4O4. The van der Waals surface area contributed by atoms with Crippen molar-refractivity contribution < 1.29 is 18.8 Å². The van der Waals surface area contributed by atoms with E-state index in [4.69, 9.17) is 25.6 Å². The number of hydrogen-bond donors (Lipinski definition) is 0. The van der Waals surface area contributed by atoms with Crippen LogP contribution in [0.4, 0.5) is 0 Å². The zero-order valence-electron chi connectivity index (χ0n) is 17.2. The van der Waals surface area contributed by atoms with E-state index < -0.39 is 0 Å². The SMILES string of the molecule is COc1ccc(-c2noc(CN3CCN(C(=O)COc4ccccc4Cl)CC3)n2)cc1. The van der Waals surface area contributed by atoms with Gasteiger partial charge in [0.2, 0.25) is 11.7 Å². The van der Waals surface area contributed by atoms with Gasteiger partial charge in [0.1, 0.15) is 11.5 Å². The van der Waals surface area contributed by atoms with Crippen LogP contribution < -0.4 is 9.47 Å². The number of methoxy groups -OCH3 is 1. The third-order valence-corrected chi connectivity index (χ3v) is 5.40. The molecule has 2 heterocycles. The highest BCUT2D eigenvalue weighted by molar-refractivity contribution is 6.32. The van der Waals surface area contributed by atoms with E-state index in [-0.39, 0.29) is 12.5 Å². The van der Waals surface area contributed by atoms with Crippen molar-refractivity contribution in [1.82, 2.24) is 19.9 Å². The first-order valence-electron chi connectivity index (χ1n) is 9.97. The molecule has 0 spiro atoms. The second kappa shape index (κ2) is 9.80. The van der Waals surface area contributed by atoms with Crippen LogP contribution in [0.15, 0.2) is 53.1 Å². The number of carbonyl (C=O) groups is 1. The summed E-state index contributed by atoms with van der Waals surface area (Å²) < 4.78 is 16.1. The van der Waals surface area contributed by atoms with Crippen molar-refractivity contribution in [1.29, 1.82) is 0 Å². The second-order valence-corrected chi connectivity index (χ2v) is 7.52. The number of piperazine rings is 1. The molecule has 1 fully saturated rings. The number of ether oxygens (including phenoxy) is 2. The van der Waals surface area contributed by atoms with Crippen LogP contribution in [0.1, 0.15) is 5.89 Å². The molecule has 3 aromatic rings. The smallest absolute Gasteiger partial charge is 0.260 e. The van der Waals surface area contributed by atoms with Gasteiger partial charge in [-0.1, -0.05) is 28.9 Å². The molecular weight excluding hydrogens is 420 g/mol. The Morgan fingerprint density at radius 1 is 1.10 bits per heavy atom. The summed E-state index contributed by atoms with van der Waals surface area (Å²) in [5, 5.41) is 4.56. The molecule has 1 amide bonds. The van der Waals surface area contributed by atoms with E-state index in [2.05, 4.69) is 15.0 Å². The number of benzene rings is 2. The Hall–Kier alpha value is -3.10. The van der Waals surface area contributed by atoms with Crippen molar-refractivity contribution in [3.8, 4) is 22.9 Å². The first-order chi connectivity index (χ1) is 15.1. The van der Waals surface area contributed by atoms with E-state index in [0.29, 0.717) is 42.1 Å². The fourth-order valence-corrected chi connectivity index (χ4v) is 3.51. The average molecular weight is 443 g/mol. The number of carbonyl (C=O) groups excluding carboxylic acids is 1. The molecule has 8 nitrogen and oxygen atoms in total. The Labute approximate surface area is 185 Å². The van der Waals surface area contributed by atoms with E-state index in [1.54, 1.807) is 24.1 Å². The van der Waals surface area contributed by atoms with Crippen molar-refractivity contribution >= 4 is 17.5 Å². The molecule has 0 atom stereocenters. The zero-order valence-corrected chi connectivity index (χ0v) is 17.9. The number of halogens is 1. The molecule has 0 N–H and O–H groups in total. The predicted octanol–water partition coefficient (Wildman–Crippen LogP) is 3.12. The van der Waals surface area contributed by atoms with E-state index in [1.165, 1.54) is 0 Å². The molecule has 0 bridgehead atoms. The number of amides is 1. The maximum Gasteiger partial charge on any atom is 0.260 e. The van der Waals surface area contributed by atoms with Crippen LogP contribution in [0.2, 0.25) is 5.02 Å². The van der Waals surface area contributed by atoms with Gasteiger partial charge in [-0.05, 0) is 36.4 Å². The van der Waals surface area contributed by atoms with Crippen molar-refractivity contribution in [3.05, 3.63) is 59.4 Å². The molecule has 9 heteroatoms. The third kappa shape index (κ3) is 5.34. The Kier molecular flexibility index (Phi) is 6.69. The lowest BCUT2D eigenvalue weighted by Gasteiger charge is -2.33. The van der Waals surface area contributed by atoms with E-state index in [1.807, 2.05) is 36.4 Å². The number of aromatic nitrogens is 2. The number of hydrogen-bond acceptors (Lipinski definition) is 7. The van der Waals surface area contributed by atoms with Gasteiger partial charge in [0, 0.05) is 31.7 Å². The molecule has 0 saturated carbocycles. The monoisotopic (exact) mass is 442 g/mol. The van der Waals surface area contributed by atoms with Gasteiger partial charge in [-0.3, -0.25) is 9.69 Å². The van der Waals surface area contributed by atoms with Gasteiger partial charge in [0.15, 0.2) is 6.61 Å². The van der Waals surface area contributed by atoms with Crippen LogP contribution in [0, 0.1) is 0 Å². The lowest BCUT2D eigenvalue weighted by atomic mass is 10.2. The summed E-state index contributed by atoms with van der Waals surface area (Å²) in [5.41, 5.74) is 0.865. The summed E-state index contributed by atoms with van der Waals surface area (Å²) in [5.74, 6) is 2.33. The number of para-hydroxylation sites is 1. The fraction of sp³-hybridized carbons (Fsp3) is 0.318. The Balaban J connectivity index is 1.25. The van der Waals surface area contributed by atoms with Crippen LogP contribution in [-0.2, 0) is 11.3 Å². The Morgan fingerprint density at radius 2 is 1.84 bits per heavy atom. The van der Waals surface area contributed by atoms with Gasteiger partial charge in [-0.2, -0.15) is 4.98 Å². The van der Waals surface area contributed by atoms with E-state index >= 15 is 0 Å². The van der Waals surface area contributed by atoms with Crippen LogP contribution in [-0.4, -0.2) is 65.7 Å². The van der Waals surface area contributed by atoms with Gasteiger partial charge in [-0.25, -0.2) is 0 Å². The molecule has 31 heavy (non-hydrogen) atoms. The molecule has 162 valence electrons. The molecule has 1 aliphatic rings. The first-order valence-corrected chi connectivity index (χ1v) is 10.3. The zero-order chi connectivity index (χ0) is 21.6. The van der Waals surface area contributed by atoms with Gasteiger partial charge < -0.3 is 18.9 Å². The van der Waals surface area contributed by atoms with Crippen LogP contribution in [0.5, 0.6) is 11.5 Å². The largest absolute Gasteiger partial charge is 0.497 e. The van der Waals surface area contributed by atoms with Crippen LogP contribution >= 0.6 is 11.6 Å². The Bertz CT molecular complexity index is 1020. The van der Waals surface area contributed by atoms with Gasteiger partial charge in [0.05, 0.1) is 18.7 Å². The molecule has 4 rings (SSSR count). The summed E-state index contributed by atoms with van der Waals surface area (Å²) in [6.07, 6.45) is 0. The van der Waals surface area contributed by atoms with E-state index in [0.717, 1.165) is 24.4 Å². The maximum atomic E-state index is 12.4. The highest BCUT2D eigenvalue weighted by atomic mass is 35.5. The summed E-state index contributed by atoms with van der Waals surface area (Å²) in [6.45, 7) is 3.18. The van der Waals surface area contributed by atoms with Crippen molar-refractivity contribution in [2.75, 3.05) is 39.9 Å². The molecule has 0 unspecified atom stereocenters. The second-order valence-electron chi connectivity index (χ2n) is 7.12. The quantitative estimate of drug-likeness (QED) is 0.556. The first kappa shape index (κ1) is 21.1. The van der Waals surface area contributed by atoms with Crippen molar-refractivity contribution in [2.45, 2.75) is 6.54 Å². The van der Waals surface area contributed by atoms with Crippen LogP contribution in [0.25, 0.3) is 11.4 Å². The summed E-state index contributed by atoms with van der Waals surface area (Å²) in [7, 11) is 1.63. The summed E-state index contributed by atoms with van der Waals surface area (Å²) in [6, 6.07) is 14.6. The van der Waals surface area contributed by atoms with Gasteiger partial charge in [-0.15, -0.1) is 0 Å². The van der Waals surface area contributed by atoms with E-state index in [9.17, 15) is 4.79 Å². The van der Waals surface area contributed by atoms with Crippen molar-refractivity contribution in [3.63, 3.8) is 0 Å². The van der Waals surface area contributed by atoms with Crippen LogP contribution in [0.3, 0.4) is 0 Å². The summed E-state index contributed by atoms with van der Waals surface area (Å²) >= 11 is 6.06. The minimum Gasteiger partial charge on any atom is -0.497 e. The topological polar surface area (TPSA) is 80.9 Å². The van der Waals surface area contributed by atoms with Gasteiger partial charge >= 0.3 is 0 Å². The molecule has 1 aromatic heterocycles. The highest BCUT2D eigenvalue weighted by Gasteiger charge is 2.23. The fourth-order valence-electron chi connectivity index (χ4n) is 3.32. The number of nitrogens with zero attached hydrogens (tertiary/aromatic N) is 4. The number of rotatable bonds is 7. The third-order valence-electron chi connectivity index (χ3n) is 5.09. The standard InChI is InChI=1S/C22H23ClN4O4/c1-29-17-8-6-16(7-9-17)22-24-20(31-25-22)14-26-10-12-27(13-11-26)21(28)15-30-19-5-3-2-4-18(19)23/h2-9H,10-15H2,1H3. The molecule has 0 radical (unpaired) electrons. The lowest BCUT2D eigenvalue weighted by molar-refractivity contribution is -0.135. The molecule has 2 aromatic carbocycles. The lowest BCUT2D eigenvalue weighted by Crippen LogP contribution is -2.49. The Morgan fingerprint density at radius 3 is 2.55 bits per heavy atom. The van der Waals surface area contributed by atoms with Gasteiger partial charge in [0.25, 0.3) is 5.91 Å². The minimum atomic E-state index is -0.0563.